The van der Waals surface area contributed by atoms with Gasteiger partial charge in [0.25, 0.3) is 5.91 Å². The topological polar surface area (TPSA) is 69.7 Å². The van der Waals surface area contributed by atoms with Crippen molar-refractivity contribution in [1.82, 2.24) is 15.1 Å². The van der Waals surface area contributed by atoms with Crippen LogP contribution in [0, 0.1) is 0 Å². The van der Waals surface area contributed by atoms with E-state index in [9.17, 15) is 14.4 Å². The quantitative estimate of drug-likeness (QED) is 0.662. The molecule has 6 heteroatoms. The second kappa shape index (κ2) is 9.33. The fourth-order valence-corrected chi connectivity index (χ4v) is 3.83. The number of likely N-dealkylation sites (N-methyl/N-ethyl adjacent to an activating group) is 1. The number of rotatable bonds is 8. The van der Waals surface area contributed by atoms with Gasteiger partial charge in [-0.25, -0.2) is 4.79 Å². The van der Waals surface area contributed by atoms with Crippen LogP contribution in [0.2, 0.25) is 0 Å². The van der Waals surface area contributed by atoms with Crippen molar-refractivity contribution in [1.29, 1.82) is 0 Å². The minimum absolute atomic E-state index is 0.280. The summed E-state index contributed by atoms with van der Waals surface area (Å²) in [7, 11) is 1.68. The van der Waals surface area contributed by atoms with E-state index in [0.717, 1.165) is 29.7 Å². The van der Waals surface area contributed by atoms with Gasteiger partial charge < -0.3 is 10.2 Å². The maximum Gasteiger partial charge on any atom is 0.325 e. The van der Waals surface area contributed by atoms with Crippen molar-refractivity contribution in [3.63, 3.8) is 0 Å². The van der Waals surface area contributed by atoms with Gasteiger partial charge in [-0.3, -0.25) is 14.5 Å². The van der Waals surface area contributed by atoms with Crippen LogP contribution in [0.15, 0.2) is 48.5 Å². The number of nitrogens with one attached hydrogen (secondary N) is 1. The molecule has 0 aromatic heterocycles. The van der Waals surface area contributed by atoms with Gasteiger partial charge in [0.05, 0.1) is 0 Å². The molecule has 1 saturated heterocycles. The van der Waals surface area contributed by atoms with Gasteiger partial charge in [-0.2, -0.15) is 0 Å². The van der Waals surface area contributed by atoms with E-state index in [0.29, 0.717) is 12.1 Å². The van der Waals surface area contributed by atoms with Crippen molar-refractivity contribution in [2.24, 2.45) is 0 Å². The fourth-order valence-electron chi connectivity index (χ4n) is 3.83. The summed E-state index contributed by atoms with van der Waals surface area (Å²) in [5.41, 5.74) is 2.97. The molecule has 0 bridgehead atoms. The van der Waals surface area contributed by atoms with Crippen molar-refractivity contribution >= 4 is 17.8 Å². The number of amides is 4. The lowest BCUT2D eigenvalue weighted by Crippen LogP contribution is -2.43. The van der Waals surface area contributed by atoms with Crippen molar-refractivity contribution in [3.05, 3.63) is 70.8 Å². The first-order valence-corrected chi connectivity index (χ1v) is 10.8. The highest BCUT2D eigenvalue weighted by atomic mass is 16.2. The zero-order valence-electron chi connectivity index (χ0n) is 18.8. The molecule has 1 heterocycles. The summed E-state index contributed by atoms with van der Waals surface area (Å²) < 4.78 is 0. The van der Waals surface area contributed by atoms with Crippen LogP contribution in [0.3, 0.4) is 0 Å². The van der Waals surface area contributed by atoms with Gasteiger partial charge in [-0.1, -0.05) is 68.8 Å². The summed E-state index contributed by atoms with van der Waals surface area (Å²) >= 11 is 0. The van der Waals surface area contributed by atoms with Crippen LogP contribution < -0.4 is 5.32 Å². The largest absolute Gasteiger partial charge is 0.340 e. The molecule has 164 valence electrons. The summed E-state index contributed by atoms with van der Waals surface area (Å²) in [6.07, 6.45) is 2.96. The predicted octanol–water partition coefficient (Wildman–Crippen LogP) is 3.63. The van der Waals surface area contributed by atoms with E-state index < -0.39 is 17.5 Å². The number of benzene rings is 2. The van der Waals surface area contributed by atoms with Crippen molar-refractivity contribution in [3.8, 4) is 0 Å². The Morgan fingerprint density at radius 1 is 0.968 bits per heavy atom. The summed E-state index contributed by atoms with van der Waals surface area (Å²) in [5.74, 6) is -0.694. The summed E-state index contributed by atoms with van der Waals surface area (Å²) in [5, 5.41) is 2.77. The molecule has 4 amide bonds. The molecule has 0 aliphatic carbocycles. The fraction of sp³-hybridized carbons (Fsp3) is 0.400. The van der Waals surface area contributed by atoms with Gasteiger partial charge in [0.15, 0.2) is 0 Å². The van der Waals surface area contributed by atoms with Gasteiger partial charge in [-0.05, 0) is 42.0 Å². The van der Waals surface area contributed by atoms with Gasteiger partial charge in [-0.15, -0.1) is 0 Å². The Morgan fingerprint density at radius 2 is 1.55 bits per heavy atom. The Balaban J connectivity index is 1.67. The number of aryl methyl sites for hydroxylation is 2. The smallest absolute Gasteiger partial charge is 0.325 e. The van der Waals surface area contributed by atoms with E-state index in [2.05, 4.69) is 19.2 Å². The lowest BCUT2D eigenvalue weighted by Gasteiger charge is -2.23. The second-order valence-corrected chi connectivity index (χ2v) is 8.31. The molecule has 1 N–H and O–H groups in total. The van der Waals surface area contributed by atoms with Gasteiger partial charge in [0.2, 0.25) is 5.91 Å². The lowest BCUT2D eigenvalue weighted by molar-refractivity contribution is -0.138. The Kier molecular flexibility index (Phi) is 6.78. The highest BCUT2D eigenvalue weighted by Crippen LogP contribution is 2.29. The molecule has 6 nitrogen and oxygen atoms in total. The Labute approximate surface area is 184 Å². The van der Waals surface area contributed by atoms with Crippen molar-refractivity contribution in [2.45, 2.75) is 52.1 Å². The molecule has 31 heavy (non-hydrogen) atoms. The maximum atomic E-state index is 13.1. The maximum absolute atomic E-state index is 13.1. The first-order chi connectivity index (χ1) is 14.8. The van der Waals surface area contributed by atoms with Gasteiger partial charge in [0, 0.05) is 13.6 Å². The molecule has 2 aromatic rings. The molecule has 1 aliphatic heterocycles. The van der Waals surface area contributed by atoms with Crippen molar-refractivity contribution < 1.29 is 14.4 Å². The molecule has 1 fully saturated rings. The molecule has 3 rings (SSSR count). The Morgan fingerprint density at radius 3 is 2.13 bits per heavy atom. The monoisotopic (exact) mass is 421 g/mol. The third-order valence-electron chi connectivity index (χ3n) is 5.92. The molecule has 2 aromatic carbocycles. The Hall–Kier alpha value is -3.15. The number of carbonyl (C=O) groups is 3. The van der Waals surface area contributed by atoms with E-state index in [1.165, 1.54) is 16.0 Å². The average molecular weight is 422 g/mol. The molecular weight excluding hydrogens is 390 g/mol. The first-order valence-electron chi connectivity index (χ1n) is 10.8. The highest BCUT2D eigenvalue weighted by molar-refractivity contribution is 6.09. The number of urea groups is 1. The minimum Gasteiger partial charge on any atom is -0.340 e. The SMILES string of the molecule is CCCc1ccc(C2(C)NC(=O)N(CC(=O)N(C)Cc3ccc(CC)cc3)C2=O)cc1. The van der Waals surface area contributed by atoms with Crippen LogP contribution in [0.4, 0.5) is 4.79 Å². The van der Waals surface area contributed by atoms with E-state index in [4.69, 9.17) is 0 Å². The zero-order chi connectivity index (χ0) is 22.6. The summed E-state index contributed by atoms with van der Waals surface area (Å²) in [4.78, 5) is 40.9. The van der Waals surface area contributed by atoms with Crippen LogP contribution in [-0.2, 0) is 34.5 Å². The van der Waals surface area contributed by atoms with Gasteiger partial charge in [0.1, 0.15) is 12.1 Å². The van der Waals surface area contributed by atoms with E-state index in [1.54, 1.807) is 14.0 Å². The third kappa shape index (κ3) is 4.79. The van der Waals surface area contributed by atoms with Crippen LogP contribution in [0.5, 0.6) is 0 Å². The zero-order valence-corrected chi connectivity index (χ0v) is 18.8. The molecule has 1 atom stereocenters. The highest BCUT2D eigenvalue weighted by Gasteiger charge is 2.49. The second-order valence-electron chi connectivity index (χ2n) is 8.31. The van der Waals surface area contributed by atoms with Crippen molar-refractivity contribution in [2.75, 3.05) is 13.6 Å². The minimum atomic E-state index is -1.17. The predicted molar refractivity (Wildman–Crippen MR) is 120 cm³/mol. The van der Waals surface area contributed by atoms with Gasteiger partial charge >= 0.3 is 6.03 Å². The van der Waals surface area contributed by atoms with E-state index in [-0.39, 0.29) is 12.5 Å². The summed E-state index contributed by atoms with van der Waals surface area (Å²) in [6.45, 7) is 6.03. The van der Waals surface area contributed by atoms with E-state index in [1.807, 2.05) is 48.5 Å². The van der Waals surface area contributed by atoms with Crippen LogP contribution >= 0.6 is 0 Å². The van der Waals surface area contributed by atoms with Crippen LogP contribution in [0.1, 0.15) is 49.4 Å². The third-order valence-corrected chi connectivity index (χ3v) is 5.92. The Bertz CT molecular complexity index is 953. The summed E-state index contributed by atoms with van der Waals surface area (Å²) in [6, 6.07) is 15.3. The molecule has 0 radical (unpaired) electrons. The van der Waals surface area contributed by atoms with Crippen LogP contribution in [-0.4, -0.2) is 41.2 Å². The molecule has 1 aliphatic rings. The number of carbonyl (C=O) groups excluding carboxylic acids is 3. The molecule has 0 saturated carbocycles. The molecule has 1 unspecified atom stereocenters. The number of hydrogen-bond acceptors (Lipinski definition) is 3. The lowest BCUT2D eigenvalue weighted by atomic mass is 9.91. The van der Waals surface area contributed by atoms with Crippen LogP contribution in [0.25, 0.3) is 0 Å². The normalized spacial score (nSPS) is 18.3. The number of imide groups is 1. The number of hydrogen-bond donors (Lipinski definition) is 1. The van der Waals surface area contributed by atoms with E-state index >= 15 is 0 Å². The number of nitrogens with zero attached hydrogens (tertiary/aromatic N) is 2. The molecular formula is C25H31N3O3. The first kappa shape index (κ1) is 22.5. The standard InChI is InChI=1S/C25H31N3O3/c1-5-7-19-12-14-21(15-13-19)25(3)23(30)28(24(31)26-25)17-22(29)27(4)16-20-10-8-18(6-2)9-11-20/h8-15H,5-7,16-17H2,1-4H3,(H,26,31). The molecule has 0 spiro atoms. The average Bonchev–Trinajstić information content (AvgIpc) is 2.98.